The van der Waals surface area contributed by atoms with Crippen molar-refractivity contribution < 1.29 is 9.53 Å². The van der Waals surface area contributed by atoms with Gasteiger partial charge in [-0.25, -0.2) is 4.98 Å². The molecule has 3 heterocycles. The molecule has 5 nitrogen and oxygen atoms in total. The minimum Gasteiger partial charge on any atom is -0.368 e. The van der Waals surface area contributed by atoms with Crippen LogP contribution in [0.2, 0.25) is 0 Å². The van der Waals surface area contributed by atoms with Crippen molar-refractivity contribution in [2.24, 2.45) is 5.92 Å². The van der Waals surface area contributed by atoms with Crippen LogP contribution in [0, 0.1) is 12.8 Å². The molecule has 0 aromatic carbocycles. The minimum atomic E-state index is -0.295. The first-order valence-electron chi connectivity index (χ1n) is 8.23. The third-order valence-electron chi connectivity index (χ3n) is 4.59. The van der Waals surface area contributed by atoms with Gasteiger partial charge in [-0.2, -0.15) is 0 Å². The zero-order valence-electron chi connectivity index (χ0n) is 13.4. The summed E-state index contributed by atoms with van der Waals surface area (Å²) in [7, 11) is 0. The first-order chi connectivity index (χ1) is 10.6. The molecule has 0 aliphatic carbocycles. The van der Waals surface area contributed by atoms with Gasteiger partial charge < -0.3 is 4.74 Å². The van der Waals surface area contributed by atoms with E-state index in [2.05, 4.69) is 22.1 Å². The van der Waals surface area contributed by atoms with Gasteiger partial charge in [0, 0.05) is 18.0 Å². The molecule has 1 atom stereocenters. The highest BCUT2D eigenvalue weighted by Gasteiger charge is 2.25. The predicted octanol–water partition coefficient (Wildman–Crippen LogP) is 2.80. The fourth-order valence-corrected chi connectivity index (χ4v) is 4.03. The standard InChI is InChI=1S/C16H25N3O2S/c1-11-5-7-19(8-6-11)10-14-12(2)17-16(22-14)18-15(20)13-4-3-9-21-13/h11,13H,3-10H2,1-2H3,(H,17,18,20). The number of piperidine rings is 1. The van der Waals surface area contributed by atoms with Crippen LogP contribution in [-0.4, -0.2) is 41.6 Å². The lowest BCUT2D eigenvalue weighted by Gasteiger charge is -2.29. The summed E-state index contributed by atoms with van der Waals surface area (Å²) < 4.78 is 5.41. The van der Waals surface area contributed by atoms with E-state index in [1.807, 2.05) is 6.92 Å². The van der Waals surface area contributed by atoms with Crippen LogP contribution in [0.15, 0.2) is 0 Å². The molecule has 0 saturated carbocycles. The second kappa shape index (κ2) is 7.06. The summed E-state index contributed by atoms with van der Waals surface area (Å²) in [5, 5.41) is 3.62. The van der Waals surface area contributed by atoms with Gasteiger partial charge in [0.1, 0.15) is 6.10 Å². The van der Waals surface area contributed by atoms with Crippen molar-refractivity contribution in [3.63, 3.8) is 0 Å². The fraction of sp³-hybridized carbons (Fsp3) is 0.750. The van der Waals surface area contributed by atoms with Crippen LogP contribution in [0.4, 0.5) is 5.13 Å². The molecule has 122 valence electrons. The maximum atomic E-state index is 12.1. The van der Waals surface area contributed by atoms with Crippen molar-refractivity contribution in [1.29, 1.82) is 0 Å². The number of carbonyl (C=O) groups excluding carboxylic acids is 1. The van der Waals surface area contributed by atoms with Crippen molar-refractivity contribution >= 4 is 22.4 Å². The Bertz CT molecular complexity index is 517. The van der Waals surface area contributed by atoms with Crippen LogP contribution in [0.25, 0.3) is 0 Å². The Hall–Kier alpha value is -0.980. The fourth-order valence-electron chi connectivity index (χ4n) is 3.02. The van der Waals surface area contributed by atoms with Crippen molar-refractivity contribution in [3.8, 4) is 0 Å². The van der Waals surface area contributed by atoms with Gasteiger partial charge in [0.05, 0.1) is 5.69 Å². The lowest BCUT2D eigenvalue weighted by atomic mass is 9.99. The van der Waals surface area contributed by atoms with Crippen LogP contribution in [0.3, 0.4) is 0 Å². The summed E-state index contributed by atoms with van der Waals surface area (Å²) in [6, 6.07) is 0. The number of anilines is 1. The predicted molar refractivity (Wildman–Crippen MR) is 88.1 cm³/mol. The van der Waals surface area contributed by atoms with E-state index in [1.165, 1.54) is 17.7 Å². The normalized spacial score (nSPS) is 23.8. The first-order valence-corrected chi connectivity index (χ1v) is 9.04. The number of aromatic nitrogens is 1. The number of hydrogen-bond donors (Lipinski definition) is 1. The van der Waals surface area contributed by atoms with Crippen molar-refractivity contribution in [2.75, 3.05) is 25.0 Å². The largest absolute Gasteiger partial charge is 0.368 e. The molecular weight excluding hydrogens is 298 g/mol. The summed E-state index contributed by atoms with van der Waals surface area (Å²) in [5.74, 6) is 0.796. The summed E-state index contributed by atoms with van der Waals surface area (Å²) in [4.78, 5) is 20.3. The molecule has 2 saturated heterocycles. The number of hydrogen-bond acceptors (Lipinski definition) is 5. The first kappa shape index (κ1) is 15.9. The van der Waals surface area contributed by atoms with Crippen LogP contribution in [0.1, 0.15) is 43.2 Å². The zero-order chi connectivity index (χ0) is 15.5. The second-order valence-corrected chi connectivity index (χ2v) is 7.56. The molecule has 1 unspecified atom stereocenters. The lowest BCUT2D eigenvalue weighted by molar-refractivity contribution is -0.124. The van der Waals surface area contributed by atoms with E-state index >= 15 is 0 Å². The number of ether oxygens (including phenoxy) is 1. The molecule has 1 aromatic rings. The van der Waals surface area contributed by atoms with Crippen LogP contribution >= 0.6 is 11.3 Å². The monoisotopic (exact) mass is 323 g/mol. The number of nitrogens with zero attached hydrogens (tertiary/aromatic N) is 2. The van der Waals surface area contributed by atoms with Crippen molar-refractivity contribution in [1.82, 2.24) is 9.88 Å². The molecule has 22 heavy (non-hydrogen) atoms. The van der Waals surface area contributed by atoms with Gasteiger partial charge in [0.15, 0.2) is 5.13 Å². The molecule has 1 amide bonds. The Kier molecular flexibility index (Phi) is 5.10. The summed E-state index contributed by atoms with van der Waals surface area (Å²) in [6.45, 7) is 8.32. The number of thiazole rings is 1. The topological polar surface area (TPSA) is 54.5 Å². The van der Waals surface area contributed by atoms with E-state index < -0.39 is 0 Å². The Morgan fingerprint density at radius 3 is 2.86 bits per heavy atom. The quantitative estimate of drug-likeness (QED) is 0.926. The van der Waals surface area contributed by atoms with Gasteiger partial charge in [0.25, 0.3) is 5.91 Å². The third-order valence-corrected chi connectivity index (χ3v) is 5.65. The van der Waals surface area contributed by atoms with Crippen molar-refractivity contribution in [2.45, 2.75) is 52.2 Å². The highest BCUT2D eigenvalue weighted by Crippen LogP contribution is 2.27. The average molecular weight is 323 g/mol. The lowest BCUT2D eigenvalue weighted by Crippen LogP contribution is -2.32. The minimum absolute atomic E-state index is 0.0513. The highest BCUT2D eigenvalue weighted by atomic mass is 32.1. The molecule has 2 aliphatic heterocycles. The zero-order valence-corrected chi connectivity index (χ0v) is 14.2. The molecule has 0 radical (unpaired) electrons. The maximum absolute atomic E-state index is 12.1. The van der Waals surface area contributed by atoms with E-state index in [0.29, 0.717) is 11.7 Å². The number of amides is 1. The molecule has 1 N–H and O–H groups in total. The summed E-state index contributed by atoms with van der Waals surface area (Å²) in [5.41, 5.74) is 1.03. The molecule has 0 spiro atoms. The van der Waals surface area contributed by atoms with Gasteiger partial charge in [-0.1, -0.05) is 6.92 Å². The summed E-state index contributed by atoms with van der Waals surface area (Å²) in [6.07, 6.45) is 4.04. The molecule has 6 heteroatoms. The van der Waals surface area contributed by atoms with Gasteiger partial charge >= 0.3 is 0 Å². The molecular formula is C16H25N3O2S. The molecule has 3 rings (SSSR count). The van der Waals surface area contributed by atoms with Crippen LogP contribution < -0.4 is 5.32 Å². The van der Waals surface area contributed by atoms with E-state index in [0.717, 1.165) is 44.1 Å². The maximum Gasteiger partial charge on any atom is 0.255 e. The number of likely N-dealkylation sites (tertiary alicyclic amines) is 1. The molecule has 0 bridgehead atoms. The molecule has 2 fully saturated rings. The van der Waals surface area contributed by atoms with E-state index in [9.17, 15) is 4.79 Å². The Balaban J connectivity index is 1.57. The number of aryl methyl sites for hydroxylation is 1. The Labute approximate surface area is 136 Å². The molecule has 2 aliphatic rings. The highest BCUT2D eigenvalue weighted by molar-refractivity contribution is 7.15. The van der Waals surface area contributed by atoms with E-state index in [1.54, 1.807) is 11.3 Å². The average Bonchev–Trinajstić information content (AvgIpc) is 3.12. The Morgan fingerprint density at radius 2 is 2.18 bits per heavy atom. The molecule has 1 aromatic heterocycles. The number of rotatable bonds is 4. The van der Waals surface area contributed by atoms with Gasteiger partial charge in [-0.3, -0.25) is 15.0 Å². The smallest absolute Gasteiger partial charge is 0.255 e. The van der Waals surface area contributed by atoms with Gasteiger partial charge in [-0.05, 0) is 51.6 Å². The van der Waals surface area contributed by atoms with Crippen molar-refractivity contribution in [3.05, 3.63) is 10.6 Å². The van der Waals surface area contributed by atoms with Gasteiger partial charge in [-0.15, -0.1) is 11.3 Å². The van der Waals surface area contributed by atoms with Gasteiger partial charge in [0.2, 0.25) is 0 Å². The van der Waals surface area contributed by atoms with E-state index in [4.69, 9.17) is 4.74 Å². The number of carbonyl (C=O) groups is 1. The third kappa shape index (κ3) is 3.86. The van der Waals surface area contributed by atoms with E-state index in [-0.39, 0.29) is 12.0 Å². The van der Waals surface area contributed by atoms with Crippen LogP contribution in [-0.2, 0) is 16.1 Å². The second-order valence-electron chi connectivity index (χ2n) is 6.48. The SMILES string of the molecule is Cc1nc(NC(=O)C2CCCO2)sc1CN1CCC(C)CC1. The Morgan fingerprint density at radius 1 is 1.41 bits per heavy atom. The van der Waals surface area contributed by atoms with Crippen LogP contribution in [0.5, 0.6) is 0 Å². The number of nitrogens with one attached hydrogen (secondary N) is 1. The summed E-state index contributed by atoms with van der Waals surface area (Å²) >= 11 is 1.60.